The highest BCUT2D eigenvalue weighted by Gasteiger charge is 2.69. The number of fused-ring (bicyclic) bond motifs is 7. The Balaban J connectivity index is 0.802. The highest BCUT2D eigenvalue weighted by Crippen LogP contribution is 2.50. The molecule has 2 aliphatic carbocycles. The molecule has 2 unspecified atom stereocenters. The molecule has 12 rings (SSSR count). The SMILES string of the molecule is COC(=O)[C@]1(NC(=O)OCC2c3ccccc3-c3ccccc32)CC2C(=O)N[C@]3(CC4C(=O)N(Cc5cccc6ccccc56)[C@@]5(CC[C@H](C(=O)N[C@H](C=O)Cc6cccc7ccccc67)C5)C(=O)N4C3)C(=O)N2C1. The van der Waals surface area contributed by atoms with Gasteiger partial charge in [0.1, 0.15) is 36.1 Å². The first-order valence-corrected chi connectivity index (χ1v) is 25.5. The zero-order chi connectivity index (χ0) is 51.8. The number of rotatable bonds is 11. The van der Waals surface area contributed by atoms with E-state index in [0.29, 0.717) is 6.29 Å². The average Bonchev–Trinajstić information content (AvgIpc) is 4.31. The van der Waals surface area contributed by atoms with Gasteiger partial charge in [-0.25, -0.2) is 9.59 Å². The minimum atomic E-state index is -1.88. The van der Waals surface area contributed by atoms with E-state index in [1.165, 1.54) is 9.80 Å². The molecule has 16 nitrogen and oxygen atoms in total. The van der Waals surface area contributed by atoms with Gasteiger partial charge in [-0.2, -0.15) is 0 Å². The summed E-state index contributed by atoms with van der Waals surface area (Å²) in [7, 11) is 1.15. The number of aldehydes is 1. The van der Waals surface area contributed by atoms with E-state index >= 15 is 14.4 Å². The number of hydrogen-bond donors (Lipinski definition) is 3. The van der Waals surface area contributed by atoms with Gasteiger partial charge in [-0.3, -0.25) is 24.0 Å². The van der Waals surface area contributed by atoms with Crippen molar-refractivity contribution in [3.8, 4) is 11.1 Å². The van der Waals surface area contributed by atoms with Gasteiger partial charge in [-0.05, 0) is 74.2 Å². The predicted octanol–water partition coefficient (Wildman–Crippen LogP) is 5.32. The molecule has 4 aliphatic heterocycles. The Morgan fingerprint density at radius 3 is 2.01 bits per heavy atom. The van der Waals surface area contributed by atoms with Gasteiger partial charge >= 0.3 is 12.1 Å². The molecule has 6 aliphatic rings. The number of carbonyl (C=O) groups excluding carboxylic acids is 8. The summed E-state index contributed by atoms with van der Waals surface area (Å²) in [4.78, 5) is 119. The van der Waals surface area contributed by atoms with Crippen LogP contribution in [0.5, 0.6) is 0 Å². The number of benzene rings is 6. The molecule has 380 valence electrons. The van der Waals surface area contributed by atoms with Crippen LogP contribution in [0, 0.1) is 5.92 Å². The van der Waals surface area contributed by atoms with E-state index in [0.717, 1.165) is 62.0 Å². The Morgan fingerprint density at radius 1 is 0.720 bits per heavy atom. The highest BCUT2D eigenvalue weighted by atomic mass is 16.6. The van der Waals surface area contributed by atoms with Gasteiger partial charge in [-0.1, -0.05) is 133 Å². The van der Waals surface area contributed by atoms with Crippen molar-refractivity contribution in [3.63, 3.8) is 0 Å². The standard InChI is InChI=1S/C59H54N6O10/c1-74-55(72)58(62-56(73)75-32-47-45-22-8-6-20-43(45)44-21-7-9-23-46(44)47)28-48-51(68)61-57(53(70)63(48)34-58)29-49-52(69)65(30-39-17-11-15-36-13-3-5-19-42(36)39)59(54(71)64(49)33-57)25-24-38(27-59)50(67)60-40(31-66)26-37-16-10-14-35-12-2-4-18-41(35)37/h2-23,31,38,40,47-49H,24-30,32-34H2,1H3,(H,60,67)(H,61,68)(H,62,73)/t38-,40-,48?,49?,57-,58-,59+/m0/s1. The molecule has 2 spiro atoms. The van der Waals surface area contributed by atoms with Crippen LogP contribution < -0.4 is 16.0 Å². The van der Waals surface area contributed by atoms with Crippen LogP contribution in [0.25, 0.3) is 32.7 Å². The molecule has 75 heavy (non-hydrogen) atoms. The van der Waals surface area contributed by atoms with Crippen molar-refractivity contribution >= 4 is 69.4 Å². The second-order valence-corrected chi connectivity index (χ2v) is 21.0. The minimum absolute atomic E-state index is 0.0212. The molecular weight excluding hydrogens is 953 g/mol. The summed E-state index contributed by atoms with van der Waals surface area (Å²) in [5, 5.41) is 12.3. The maximum Gasteiger partial charge on any atom is 0.408 e. The lowest BCUT2D eigenvalue weighted by Crippen LogP contribution is -2.70. The van der Waals surface area contributed by atoms with Crippen LogP contribution in [0.2, 0.25) is 0 Å². The molecule has 6 aromatic rings. The first-order chi connectivity index (χ1) is 36.4. The van der Waals surface area contributed by atoms with E-state index in [1.807, 2.05) is 133 Å². The number of piperazine rings is 2. The lowest BCUT2D eigenvalue weighted by atomic mass is 9.85. The molecule has 3 N–H and O–H groups in total. The predicted molar refractivity (Wildman–Crippen MR) is 274 cm³/mol. The number of amides is 6. The van der Waals surface area contributed by atoms with Crippen molar-refractivity contribution in [2.24, 2.45) is 5.92 Å². The van der Waals surface area contributed by atoms with E-state index in [1.54, 1.807) is 4.90 Å². The van der Waals surface area contributed by atoms with Crippen molar-refractivity contribution in [2.45, 2.75) is 85.7 Å². The third-order valence-electron chi connectivity index (χ3n) is 16.9. The molecule has 0 aromatic heterocycles. The second-order valence-electron chi connectivity index (χ2n) is 21.0. The summed E-state index contributed by atoms with van der Waals surface area (Å²) in [6, 6.07) is 39.6. The Morgan fingerprint density at radius 2 is 1.33 bits per heavy atom. The number of nitrogens with zero attached hydrogens (tertiary/aromatic N) is 3. The van der Waals surface area contributed by atoms with E-state index in [9.17, 15) is 24.0 Å². The molecular formula is C59H54N6O10. The monoisotopic (exact) mass is 1010 g/mol. The lowest BCUT2D eigenvalue weighted by Gasteiger charge is -2.49. The number of carbonyl (C=O) groups is 8. The van der Waals surface area contributed by atoms with Crippen molar-refractivity contribution in [2.75, 3.05) is 26.8 Å². The van der Waals surface area contributed by atoms with E-state index in [2.05, 4.69) is 16.0 Å². The minimum Gasteiger partial charge on any atom is -0.467 e. The van der Waals surface area contributed by atoms with Crippen LogP contribution in [-0.2, 0) is 56.0 Å². The summed E-state index contributed by atoms with van der Waals surface area (Å²) < 4.78 is 11.0. The molecule has 5 fully saturated rings. The summed E-state index contributed by atoms with van der Waals surface area (Å²) in [5.74, 6) is -4.45. The lowest BCUT2D eigenvalue weighted by molar-refractivity contribution is -0.169. The number of methoxy groups -OCH3 is 1. The molecule has 6 amide bonds. The van der Waals surface area contributed by atoms with Crippen molar-refractivity contribution < 1.29 is 47.8 Å². The van der Waals surface area contributed by atoms with Crippen LogP contribution in [0.1, 0.15) is 60.3 Å². The third kappa shape index (κ3) is 7.70. The maximum atomic E-state index is 15.5. The maximum absolute atomic E-state index is 15.5. The van der Waals surface area contributed by atoms with Gasteiger partial charge in [0.2, 0.25) is 23.6 Å². The number of nitrogens with one attached hydrogen (secondary N) is 3. The van der Waals surface area contributed by atoms with Crippen LogP contribution in [-0.4, -0.2) is 124 Å². The summed E-state index contributed by atoms with van der Waals surface area (Å²) >= 11 is 0. The van der Waals surface area contributed by atoms with Crippen molar-refractivity contribution in [1.29, 1.82) is 0 Å². The molecule has 6 aromatic carbocycles. The number of ether oxygens (including phenoxy) is 2. The average molecular weight is 1010 g/mol. The van der Waals surface area contributed by atoms with Crippen LogP contribution in [0.4, 0.5) is 4.79 Å². The quantitative estimate of drug-likeness (QED) is 0.113. The summed E-state index contributed by atoms with van der Waals surface area (Å²) in [6.07, 6.45) is -0.221. The zero-order valence-corrected chi connectivity index (χ0v) is 41.2. The molecule has 7 atom stereocenters. The van der Waals surface area contributed by atoms with E-state index < -0.39 is 88.8 Å². The van der Waals surface area contributed by atoms with Gasteiger partial charge in [0, 0.05) is 37.6 Å². The van der Waals surface area contributed by atoms with Crippen molar-refractivity contribution in [3.05, 3.63) is 156 Å². The fourth-order valence-corrected chi connectivity index (χ4v) is 13.3. The normalized spacial score (nSPS) is 26.0. The smallest absolute Gasteiger partial charge is 0.408 e. The van der Waals surface area contributed by atoms with Crippen LogP contribution in [0.15, 0.2) is 133 Å². The Hall–Kier alpha value is -8.40. The first kappa shape index (κ1) is 47.6. The fourth-order valence-electron chi connectivity index (χ4n) is 13.3. The van der Waals surface area contributed by atoms with Gasteiger partial charge in [0.05, 0.1) is 26.2 Å². The molecule has 1 saturated carbocycles. The Bertz CT molecular complexity index is 3360. The Kier molecular flexibility index (Phi) is 11.6. The van der Waals surface area contributed by atoms with Crippen molar-refractivity contribution in [1.82, 2.24) is 30.7 Å². The second kappa shape index (κ2) is 18.2. The molecule has 4 saturated heterocycles. The highest BCUT2D eigenvalue weighted by molar-refractivity contribution is 6.07. The first-order valence-electron chi connectivity index (χ1n) is 25.5. The topological polar surface area (TPSA) is 201 Å². The van der Waals surface area contributed by atoms with E-state index in [4.69, 9.17) is 9.47 Å². The third-order valence-corrected chi connectivity index (χ3v) is 16.9. The molecule has 0 bridgehead atoms. The van der Waals surface area contributed by atoms with Gasteiger partial charge in [0.15, 0.2) is 5.54 Å². The molecule has 16 heteroatoms. The molecule has 4 heterocycles. The Labute approximate surface area is 431 Å². The van der Waals surface area contributed by atoms with E-state index in [-0.39, 0.29) is 64.1 Å². The number of hydrogen-bond acceptors (Lipinski definition) is 10. The summed E-state index contributed by atoms with van der Waals surface area (Å²) in [6.45, 7) is -0.819. The fraction of sp³-hybridized carbons (Fsp3) is 0.322. The van der Waals surface area contributed by atoms with Crippen LogP contribution >= 0.6 is 0 Å². The molecule has 0 radical (unpaired) electrons. The van der Waals surface area contributed by atoms with Crippen LogP contribution in [0.3, 0.4) is 0 Å². The summed E-state index contributed by atoms with van der Waals surface area (Å²) in [5.41, 5.74) is 0.544. The number of alkyl carbamates (subject to hydrolysis) is 1. The van der Waals surface area contributed by atoms with Gasteiger partial charge in [0.25, 0.3) is 5.91 Å². The van der Waals surface area contributed by atoms with Gasteiger partial charge in [-0.15, -0.1) is 0 Å². The largest absolute Gasteiger partial charge is 0.467 e. The van der Waals surface area contributed by atoms with Gasteiger partial charge < -0.3 is 44.9 Å². The zero-order valence-electron chi connectivity index (χ0n) is 41.2. The number of esters is 1.